The van der Waals surface area contributed by atoms with E-state index in [4.69, 9.17) is 17.0 Å². The van der Waals surface area contributed by atoms with Crippen molar-refractivity contribution in [1.82, 2.24) is 10.7 Å². The van der Waals surface area contributed by atoms with Crippen LogP contribution in [0.15, 0.2) is 36.0 Å². The van der Waals surface area contributed by atoms with Gasteiger partial charge in [-0.3, -0.25) is 5.43 Å². The fraction of sp³-hybridized carbons (Fsp3) is 0.231. The Labute approximate surface area is 132 Å². The maximum absolute atomic E-state index is 5.50. The first-order chi connectivity index (χ1) is 9.17. The number of hydrogen-bond acceptors (Lipinski definition) is 3. The van der Waals surface area contributed by atoms with E-state index in [-0.39, 0.29) is 0 Å². The van der Waals surface area contributed by atoms with Gasteiger partial charge in [0.25, 0.3) is 0 Å². The van der Waals surface area contributed by atoms with Crippen molar-refractivity contribution in [1.29, 1.82) is 0 Å². The Balaban J connectivity index is 2.60. The second-order valence-electron chi connectivity index (χ2n) is 3.52. The molecule has 0 aromatic heterocycles. The van der Waals surface area contributed by atoms with Crippen LogP contribution in [0.2, 0.25) is 0 Å². The van der Waals surface area contributed by atoms with E-state index in [2.05, 4.69) is 45.0 Å². The predicted octanol–water partition coefficient (Wildman–Crippen LogP) is 2.67. The van der Waals surface area contributed by atoms with Crippen LogP contribution in [-0.2, 0) is 0 Å². The molecule has 6 heteroatoms. The minimum absolute atomic E-state index is 0.502. The number of hydrogen-bond donors (Lipinski definition) is 2. The molecule has 0 saturated carbocycles. The summed E-state index contributed by atoms with van der Waals surface area (Å²) in [6.07, 6.45) is 3.43. The SMILES string of the molecule is C=CCOc1ccc(C=NNC(=S)NCC)cc1I. The van der Waals surface area contributed by atoms with E-state index in [1.54, 1.807) is 12.3 Å². The van der Waals surface area contributed by atoms with E-state index in [0.717, 1.165) is 21.4 Å². The van der Waals surface area contributed by atoms with Gasteiger partial charge in [0.2, 0.25) is 0 Å². The molecule has 19 heavy (non-hydrogen) atoms. The van der Waals surface area contributed by atoms with Crippen LogP contribution in [0.5, 0.6) is 5.75 Å². The van der Waals surface area contributed by atoms with E-state index in [1.807, 2.05) is 25.1 Å². The lowest BCUT2D eigenvalue weighted by atomic mass is 10.2. The Bertz CT molecular complexity index is 477. The van der Waals surface area contributed by atoms with Crippen LogP contribution in [0.25, 0.3) is 0 Å². The Morgan fingerprint density at radius 2 is 2.37 bits per heavy atom. The molecule has 0 amide bonds. The fourth-order valence-corrected chi connectivity index (χ4v) is 2.12. The highest BCUT2D eigenvalue weighted by Gasteiger charge is 2.00. The van der Waals surface area contributed by atoms with Gasteiger partial charge in [-0.15, -0.1) is 0 Å². The number of hydrazone groups is 1. The van der Waals surface area contributed by atoms with Crippen molar-refractivity contribution >= 4 is 46.1 Å². The van der Waals surface area contributed by atoms with Crippen molar-refractivity contribution in [3.05, 3.63) is 40.0 Å². The Kier molecular flexibility index (Phi) is 7.42. The average molecular weight is 389 g/mol. The van der Waals surface area contributed by atoms with Gasteiger partial charge in [-0.25, -0.2) is 0 Å². The highest BCUT2D eigenvalue weighted by atomic mass is 127. The second kappa shape index (κ2) is 8.87. The van der Waals surface area contributed by atoms with Crippen LogP contribution < -0.4 is 15.5 Å². The quantitative estimate of drug-likeness (QED) is 0.258. The molecule has 1 rings (SSSR count). The number of rotatable bonds is 6. The lowest BCUT2D eigenvalue weighted by Crippen LogP contribution is -2.31. The number of nitrogens with zero attached hydrogens (tertiary/aromatic N) is 1. The number of halogens is 1. The first kappa shape index (κ1) is 15.9. The van der Waals surface area contributed by atoms with Crippen LogP contribution in [-0.4, -0.2) is 24.5 Å². The molecule has 1 aromatic carbocycles. The molecular weight excluding hydrogens is 373 g/mol. The van der Waals surface area contributed by atoms with Gasteiger partial charge in [-0.1, -0.05) is 12.7 Å². The van der Waals surface area contributed by atoms with Gasteiger partial charge in [0.15, 0.2) is 5.11 Å². The van der Waals surface area contributed by atoms with Crippen molar-refractivity contribution in [2.75, 3.05) is 13.2 Å². The van der Waals surface area contributed by atoms with E-state index in [1.165, 1.54) is 0 Å². The number of thiocarbonyl (C=S) groups is 1. The highest BCUT2D eigenvalue weighted by molar-refractivity contribution is 14.1. The van der Waals surface area contributed by atoms with Gasteiger partial charge in [0.1, 0.15) is 12.4 Å². The summed E-state index contributed by atoms with van der Waals surface area (Å²) in [5.41, 5.74) is 3.72. The number of ether oxygens (including phenoxy) is 1. The number of benzene rings is 1. The summed E-state index contributed by atoms with van der Waals surface area (Å²) < 4.78 is 6.52. The van der Waals surface area contributed by atoms with Gasteiger partial charge in [0, 0.05) is 6.54 Å². The molecule has 0 aliphatic rings. The molecule has 0 bridgehead atoms. The van der Waals surface area contributed by atoms with Crippen LogP contribution in [0, 0.1) is 3.57 Å². The minimum Gasteiger partial charge on any atom is -0.488 e. The van der Waals surface area contributed by atoms with Gasteiger partial charge < -0.3 is 10.1 Å². The van der Waals surface area contributed by atoms with E-state index in [0.29, 0.717) is 11.7 Å². The zero-order chi connectivity index (χ0) is 14.1. The van der Waals surface area contributed by atoms with Crippen LogP contribution >= 0.6 is 34.8 Å². The second-order valence-corrected chi connectivity index (χ2v) is 5.09. The normalized spacial score (nSPS) is 10.2. The molecule has 0 aliphatic heterocycles. The van der Waals surface area contributed by atoms with Crippen molar-refractivity contribution in [2.24, 2.45) is 5.10 Å². The Hall–Kier alpha value is -1.15. The summed E-state index contributed by atoms with van der Waals surface area (Å²) in [6, 6.07) is 5.83. The first-order valence-electron chi connectivity index (χ1n) is 5.77. The summed E-state index contributed by atoms with van der Waals surface area (Å²) in [5, 5.41) is 7.52. The molecule has 0 aliphatic carbocycles. The third-order valence-corrected chi connectivity index (χ3v) is 3.11. The Morgan fingerprint density at radius 1 is 1.58 bits per heavy atom. The topological polar surface area (TPSA) is 45.6 Å². The maximum Gasteiger partial charge on any atom is 0.186 e. The molecule has 0 heterocycles. The maximum atomic E-state index is 5.50. The molecule has 0 saturated heterocycles. The largest absolute Gasteiger partial charge is 0.488 e. The summed E-state index contributed by atoms with van der Waals surface area (Å²) in [7, 11) is 0. The van der Waals surface area contributed by atoms with Crippen molar-refractivity contribution in [3.8, 4) is 5.75 Å². The molecule has 0 radical (unpaired) electrons. The lowest BCUT2D eigenvalue weighted by molar-refractivity contribution is 0.360. The van der Waals surface area contributed by atoms with Gasteiger partial charge in [-0.05, 0) is 65.5 Å². The molecule has 2 N–H and O–H groups in total. The third kappa shape index (κ3) is 6.02. The highest BCUT2D eigenvalue weighted by Crippen LogP contribution is 2.21. The van der Waals surface area contributed by atoms with Crippen molar-refractivity contribution in [3.63, 3.8) is 0 Å². The van der Waals surface area contributed by atoms with Crippen LogP contribution in [0.3, 0.4) is 0 Å². The summed E-state index contributed by atoms with van der Waals surface area (Å²) in [6.45, 7) is 6.87. The Morgan fingerprint density at radius 3 is 3.00 bits per heavy atom. The molecule has 102 valence electrons. The first-order valence-corrected chi connectivity index (χ1v) is 7.26. The summed E-state index contributed by atoms with van der Waals surface area (Å²) in [4.78, 5) is 0. The number of nitrogens with one attached hydrogen (secondary N) is 2. The third-order valence-electron chi connectivity index (χ3n) is 2.03. The standard InChI is InChI=1S/C13H16IN3OS/c1-3-7-18-12-6-5-10(8-11(12)14)9-16-17-13(19)15-4-2/h3,5-6,8-9H,1,4,7H2,2H3,(H2,15,17,19). The molecule has 4 nitrogen and oxygen atoms in total. The van der Waals surface area contributed by atoms with Gasteiger partial charge >= 0.3 is 0 Å². The molecule has 0 spiro atoms. The average Bonchev–Trinajstić information content (AvgIpc) is 2.38. The van der Waals surface area contributed by atoms with Crippen molar-refractivity contribution < 1.29 is 4.74 Å². The zero-order valence-electron chi connectivity index (χ0n) is 10.6. The predicted molar refractivity (Wildman–Crippen MR) is 91.9 cm³/mol. The van der Waals surface area contributed by atoms with Crippen LogP contribution in [0.4, 0.5) is 0 Å². The molecular formula is C13H16IN3OS. The fourth-order valence-electron chi connectivity index (χ4n) is 1.23. The van der Waals surface area contributed by atoms with Gasteiger partial charge in [0.05, 0.1) is 9.78 Å². The van der Waals surface area contributed by atoms with Crippen molar-refractivity contribution in [2.45, 2.75) is 6.92 Å². The smallest absolute Gasteiger partial charge is 0.186 e. The molecule has 0 unspecified atom stereocenters. The molecule has 1 aromatic rings. The summed E-state index contributed by atoms with van der Waals surface area (Å²) >= 11 is 7.22. The zero-order valence-corrected chi connectivity index (χ0v) is 13.6. The van der Waals surface area contributed by atoms with E-state index in [9.17, 15) is 0 Å². The molecule has 0 atom stereocenters. The summed E-state index contributed by atoms with van der Waals surface area (Å²) in [5.74, 6) is 0.841. The molecule has 0 fully saturated rings. The lowest BCUT2D eigenvalue weighted by Gasteiger charge is -2.06. The van der Waals surface area contributed by atoms with E-state index >= 15 is 0 Å². The van der Waals surface area contributed by atoms with Crippen LogP contribution in [0.1, 0.15) is 12.5 Å². The van der Waals surface area contributed by atoms with Gasteiger partial charge in [-0.2, -0.15) is 5.10 Å². The monoisotopic (exact) mass is 389 g/mol. The van der Waals surface area contributed by atoms with E-state index < -0.39 is 0 Å². The minimum atomic E-state index is 0.502.